The highest BCUT2D eigenvalue weighted by atomic mass is 32.1. The van der Waals surface area contributed by atoms with Crippen molar-refractivity contribution in [2.75, 3.05) is 36.4 Å². The topological polar surface area (TPSA) is 70.2 Å². The lowest BCUT2D eigenvalue weighted by molar-refractivity contribution is 0.103. The summed E-state index contributed by atoms with van der Waals surface area (Å²) in [7, 11) is 0. The van der Waals surface area contributed by atoms with Crippen LogP contribution in [0.5, 0.6) is 0 Å². The molecule has 0 spiro atoms. The molecule has 1 aliphatic heterocycles. The molecule has 1 amide bonds. The van der Waals surface area contributed by atoms with Crippen LogP contribution in [-0.2, 0) is 0 Å². The predicted molar refractivity (Wildman–Crippen MR) is 106 cm³/mol. The molecule has 0 radical (unpaired) electrons. The standard InChI is InChI=1S/C19H21N5OS/c1-12-9-13(2)22-19-15(12)10-16(26-19)18(25)23-14-3-4-17(21-11-14)24-7-5-20-6-8-24/h3-4,9-11,20H,5-8H2,1-2H3,(H,23,25). The molecule has 3 aromatic heterocycles. The molecular formula is C19H21N5OS. The van der Waals surface area contributed by atoms with Crippen molar-refractivity contribution >= 4 is 39.0 Å². The Morgan fingerprint density at radius 3 is 2.77 bits per heavy atom. The first-order chi connectivity index (χ1) is 12.6. The van der Waals surface area contributed by atoms with Crippen LogP contribution in [0.4, 0.5) is 11.5 Å². The summed E-state index contributed by atoms with van der Waals surface area (Å²) in [6.07, 6.45) is 1.72. The lowest BCUT2D eigenvalue weighted by Crippen LogP contribution is -2.43. The molecule has 1 fully saturated rings. The quantitative estimate of drug-likeness (QED) is 0.745. The molecule has 0 atom stereocenters. The SMILES string of the molecule is Cc1cc(C)c2cc(C(=O)Nc3ccc(N4CCNCC4)nc3)sc2n1. The average Bonchev–Trinajstić information content (AvgIpc) is 3.08. The zero-order valence-corrected chi connectivity index (χ0v) is 15.7. The number of hydrogen-bond acceptors (Lipinski definition) is 6. The van der Waals surface area contributed by atoms with E-state index in [9.17, 15) is 4.79 Å². The maximum atomic E-state index is 12.6. The number of thiophene rings is 1. The fourth-order valence-electron chi connectivity index (χ4n) is 3.18. The van der Waals surface area contributed by atoms with Gasteiger partial charge in [-0.05, 0) is 43.7 Å². The molecule has 134 valence electrons. The molecule has 6 nitrogen and oxygen atoms in total. The number of hydrogen-bond donors (Lipinski definition) is 2. The Labute approximate surface area is 156 Å². The second-order valence-corrected chi connectivity index (χ2v) is 7.54. The normalized spacial score (nSPS) is 14.6. The van der Waals surface area contributed by atoms with E-state index in [0.717, 1.165) is 53.5 Å². The molecule has 0 unspecified atom stereocenters. The summed E-state index contributed by atoms with van der Waals surface area (Å²) in [6, 6.07) is 7.82. The van der Waals surface area contributed by atoms with E-state index < -0.39 is 0 Å². The van der Waals surface area contributed by atoms with Crippen LogP contribution in [0.25, 0.3) is 10.2 Å². The highest BCUT2D eigenvalue weighted by Gasteiger charge is 2.14. The Bertz CT molecular complexity index is 944. The van der Waals surface area contributed by atoms with Gasteiger partial charge >= 0.3 is 0 Å². The monoisotopic (exact) mass is 367 g/mol. The number of piperazine rings is 1. The van der Waals surface area contributed by atoms with Gasteiger partial charge in [-0.1, -0.05) is 0 Å². The molecule has 26 heavy (non-hydrogen) atoms. The summed E-state index contributed by atoms with van der Waals surface area (Å²) < 4.78 is 0. The Balaban J connectivity index is 1.50. The number of pyridine rings is 2. The van der Waals surface area contributed by atoms with Crippen molar-refractivity contribution in [1.29, 1.82) is 0 Å². The molecule has 4 heterocycles. The van der Waals surface area contributed by atoms with Gasteiger partial charge in [0.25, 0.3) is 5.91 Å². The first-order valence-electron chi connectivity index (χ1n) is 8.71. The largest absolute Gasteiger partial charge is 0.354 e. The van der Waals surface area contributed by atoms with Crippen LogP contribution in [0.3, 0.4) is 0 Å². The van der Waals surface area contributed by atoms with Gasteiger partial charge in [-0.15, -0.1) is 11.3 Å². The first-order valence-corrected chi connectivity index (χ1v) is 9.53. The van der Waals surface area contributed by atoms with Gasteiger partial charge in [0.1, 0.15) is 10.6 Å². The number of rotatable bonds is 3. The molecule has 1 aliphatic rings. The van der Waals surface area contributed by atoms with Crippen LogP contribution in [0.2, 0.25) is 0 Å². The van der Waals surface area contributed by atoms with Crippen LogP contribution in [0, 0.1) is 13.8 Å². The van der Waals surface area contributed by atoms with Crippen LogP contribution in [0.15, 0.2) is 30.5 Å². The molecule has 1 saturated heterocycles. The van der Waals surface area contributed by atoms with Gasteiger partial charge < -0.3 is 15.5 Å². The van der Waals surface area contributed by atoms with Crippen molar-refractivity contribution in [2.45, 2.75) is 13.8 Å². The fraction of sp³-hybridized carbons (Fsp3) is 0.316. The second kappa shape index (κ2) is 7.01. The van der Waals surface area contributed by atoms with Gasteiger partial charge in [-0.2, -0.15) is 0 Å². The van der Waals surface area contributed by atoms with E-state index in [0.29, 0.717) is 10.6 Å². The van der Waals surface area contributed by atoms with E-state index in [4.69, 9.17) is 0 Å². The Hall–Kier alpha value is -2.51. The Kier molecular flexibility index (Phi) is 4.57. The van der Waals surface area contributed by atoms with E-state index >= 15 is 0 Å². The van der Waals surface area contributed by atoms with Crippen molar-refractivity contribution in [3.8, 4) is 0 Å². The number of carbonyl (C=O) groups excluding carboxylic acids is 1. The number of anilines is 2. The molecule has 4 rings (SSSR count). The summed E-state index contributed by atoms with van der Waals surface area (Å²) in [5.41, 5.74) is 2.81. The molecule has 0 saturated carbocycles. The summed E-state index contributed by atoms with van der Waals surface area (Å²) >= 11 is 1.42. The van der Waals surface area contributed by atoms with E-state index in [1.165, 1.54) is 11.3 Å². The van der Waals surface area contributed by atoms with Crippen molar-refractivity contribution in [1.82, 2.24) is 15.3 Å². The molecule has 2 N–H and O–H groups in total. The zero-order valence-electron chi connectivity index (χ0n) is 14.9. The van der Waals surface area contributed by atoms with Crippen LogP contribution < -0.4 is 15.5 Å². The maximum Gasteiger partial charge on any atom is 0.265 e. The number of amides is 1. The third kappa shape index (κ3) is 3.40. The van der Waals surface area contributed by atoms with Crippen molar-refractivity contribution in [3.05, 3.63) is 46.6 Å². The minimum Gasteiger partial charge on any atom is -0.354 e. The average molecular weight is 367 g/mol. The van der Waals surface area contributed by atoms with Crippen LogP contribution in [-0.4, -0.2) is 42.1 Å². The number of nitrogens with one attached hydrogen (secondary N) is 2. The molecule has 0 bridgehead atoms. The molecule has 7 heteroatoms. The van der Waals surface area contributed by atoms with E-state index in [1.54, 1.807) is 6.20 Å². The number of carbonyl (C=O) groups is 1. The fourth-order valence-corrected chi connectivity index (χ4v) is 4.22. The number of fused-ring (bicyclic) bond motifs is 1. The molecule has 0 aliphatic carbocycles. The van der Waals surface area contributed by atoms with E-state index in [-0.39, 0.29) is 5.91 Å². The van der Waals surface area contributed by atoms with Crippen molar-refractivity contribution in [3.63, 3.8) is 0 Å². The summed E-state index contributed by atoms with van der Waals surface area (Å²) in [5, 5.41) is 7.30. The van der Waals surface area contributed by atoms with Crippen molar-refractivity contribution in [2.24, 2.45) is 0 Å². The molecular weight excluding hydrogens is 346 g/mol. The maximum absolute atomic E-state index is 12.6. The van der Waals surface area contributed by atoms with Gasteiger partial charge in [0.15, 0.2) is 0 Å². The van der Waals surface area contributed by atoms with Gasteiger partial charge in [0.05, 0.1) is 16.8 Å². The lowest BCUT2D eigenvalue weighted by atomic mass is 10.2. The summed E-state index contributed by atoms with van der Waals surface area (Å²) in [5.74, 6) is 0.823. The Morgan fingerprint density at radius 1 is 1.23 bits per heavy atom. The lowest BCUT2D eigenvalue weighted by Gasteiger charge is -2.28. The van der Waals surface area contributed by atoms with Gasteiger partial charge in [-0.3, -0.25) is 4.79 Å². The first kappa shape index (κ1) is 16.9. The van der Waals surface area contributed by atoms with Crippen LogP contribution >= 0.6 is 11.3 Å². The predicted octanol–water partition coefficient (Wildman–Crippen LogP) is 2.97. The third-order valence-corrected chi connectivity index (χ3v) is 5.54. The Morgan fingerprint density at radius 2 is 2.04 bits per heavy atom. The smallest absolute Gasteiger partial charge is 0.265 e. The summed E-state index contributed by atoms with van der Waals surface area (Å²) in [6.45, 7) is 7.86. The van der Waals surface area contributed by atoms with Gasteiger partial charge in [-0.25, -0.2) is 9.97 Å². The minimum atomic E-state index is -0.123. The number of aryl methyl sites for hydroxylation is 2. The second-order valence-electron chi connectivity index (χ2n) is 6.51. The van der Waals surface area contributed by atoms with Crippen LogP contribution in [0.1, 0.15) is 20.9 Å². The molecule has 3 aromatic rings. The van der Waals surface area contributed by atoms with Gasteiger partial charge in [0.2, 0.25) is 0 Å². The minimum absolute atomic E-state index is 0.123. The summed E-state index contributed by atoms with van der Waals surface area (Å²) in [4.78, 5) is 25.4. The third-order valence-electron chi connectivity index (χ3n) is 4.51. The van der Waals surface area contributed by atoms with E-state index in [1.807, 2.05) is 38.1 Å². The van der Waals surface area contributed by atoms with Gasteiger partial charge in [0, 0.05) is 37.3 Å². The van der Waals surface area contributed by atoms with E-state index in [2.05, 4.69) is 25.5 Å². The molecule has 0 aromatic carbocycles. The highest BCUT2D eigenvalue weighted by Crippen LogP contribution is 2.28. The number of nitrogens with zero attached hydrogens (tertiary/aromatic N) is 3. The number of aromatic nitrogens is 2. The van der Waals surface area contributed by atoms with Crippen molar-refractivity contribution < 1.29 is 4.79 Å². The highest BCUT2D eigenvalue weighted by molar-refractivity contribution is 7.20. The zero-order chi connectivity index (χ0) is 18.1.